The van der Waals surface area contributed by atoms with Crippen LogP contribution in [0, 0.1) is 13.8 Å². The van der Waals surface area contributed by atoms with E-state index in [9.17, 15) is 0 Å². The van der Waals surface area contributed by atoms with Gasteiger partial charge >= 0.3 is 0 Å². The Morgan fingerprint density at radius 2 is 2.17 bits per heavy atom. The average molecular weight is 181 g/mol. The molecule has 0 saturated carbocycles. The lowest BCUT2D eigenvalue weighted by molar-refractivity contribution is 1.12. The lowest BCUT2D eigenvalue weighted by Gasteiger charge is -2.04. The number of pyridine rings is 1. The minimum atomic E-state index is 0.752. The summed E-state index contributed by atoms with van der Waals surface area (Å²) >= 11 is 6.10. The van der Waals surface area contributed by atoms with Crippen LogP contribution in [0.4, 0.5) is 0 Å². The van der Waals surface area contributed by atoms with Gasteiger partial charge in [-0.1, -0.05) is 11.6 Å². The van der Waals surface area contributed by atoms with E-state index in [1.165, 1.54) is 5.56 Å². The first-order chi connectivity index (χ1) is 5.70. The van der Waals surface area contributed by atoms with Crippen molar-refractivity contribution in [1.82, 2.24) is 9.38 Å². The monoisotopic (exact) mass is 180 g/mol. The summed E-state index contributed by atoms with van der Waals surface area (Å²) in [5.74, 6) is 0. The van der Waals surface area contributed by atoms with Crippen LogP contribution in [0.25, 0.3) is 5.52 Å². The molecule has 0 aliphatic rings. The quantitative estimate of drug-likeness (QED) is 0.570. The number of aromatic nitrogens is 2. The summed E-state index contributed by atoms with van der Waals surface area (Å²) in [6.45, 7) is 4.06. The number of hydrogen-bond donors (Lipinski definition) is 0. The minimum absolute atomic E-state index is 0.752. The van der Waals surface area contributed by atoms with Gasteiger partial charge in [-0.15, -0.1) is 0 Å². The van der Waals surface area contributed by atoms with Gasteiger partial charge in [-0.05, 0) is 31.0 Å². The van der Waals surface area contributed by atoms with Gasteiger partial charge in [-0.25, -0.2) is 4.98 Å². The second kappa shape index (κ2) is 2.49. The van der Waals surface area contributed by atoms with Gasteiger partial charge in [0.05, 0.1) is 11.7 Å². The van der Waals surface area contributed by atoms with Gasteiger partial charge in [0.2, 0.25) is 0 Å². The number of fused-ring (bicyclic) bond motifs is 1. The third kappa shape index (κ3) is 0.916. The Morgan fingerprint density at radius 1 is 1.42 bits per heavy atom. The largest absolute Gasteiger partial charge is 0.289 e. The normalized spacial score (nSPS) is 10.9. The fraction of sp³-hybridized carbons (Fsp3) is 0.222. The van der Waals surface area contributed by atoms with E-state index >= 15 is 0 Å². The molecule has 0 bridgehead atoms. The van der Waals surface area contributed by atoms with Gasteiger partial charge in [-0.3, -0.25) is 4.40 Å². The van der Waals surface area contributed by atoms with Crippen LogP contribution in [0.1, 0.15) is 11.1 Å². The van der Waals surface area contributed by atoms with Crippen LogP contribution < -0.4 is 0 Å². The lowest BCUT2D eigenvalue weighted by Crippen LogP contribution is -1.91. The number of aryl methyl sites for hydroxylation is 1. The van der Waals surface area contributed by atoms with Gasteiger partial charge in [0.25, 0.3) is 0 Å². The molecule has 2 heterocycles. The molecule has 2 rings (SSSR count). The third-order valence-electron chi connectivity index (χ3n) is 2.14. The maximum absolute atomic E-state index is 6.10. The fourth-order valence-corrected chi connectivity index (χ4v) is 1.54. The molecule has 0 amide bonds. The summed E-state index contributed by atoms with van der Waals surface area (Å²) in [4.78, 5) is 4.02. The molecular formula is C9H9ClN2. The second-order valence-corrected chi connectivity index (χ2v) is 3.29. The molecule has 2 aromatic heterocycles. The first kappa shape index (κ1) is 7.62. The predicted molar refractivity (Wildman–Crippen MR) is 49.7 cm³/mol. The summed E-state index contributed by atoms with van der Waals surface area (Å²) in [5.41, 5.74) is 3.36. The molecule has 0 N–H and O–H groups in total. The predicted octanol–water partition coefficient (Wildman–Crippen LogP) is 2.60. The van der Waals surface area contributed by atoms with Crippen molar-refractivity contribution >= 4 is 17.1 Å². The molecule has 12 heavy (non-hydrogen) atoms. The number of rotatable bonds is 0. The van der Waals surface area contributed by atoms with Gasteiger partial charge in [0.1, 0.15) is 11.5 Å². The maximum Gasteiger partial charge on any atom is 0.117 e. The summed E-state index contributed by atoms with van der Waals surface area (Å²) in [7, 11) is 0. The van der Waals surface area contributed by atoms with Crippen molar-refractivity contribution in [3.05, 3.63) is 34.9 Å². The van der Waals surface area contributed by atoms with Crippen molar-refractivity contribution in [3.8, 4) is 0 Å². The highest BCUT2D eigenvalue weighted by Crippen LogP contribution is 2.20. The summed E-state index contributed by atoms with van der Waals surface area (Å²) in [6.07, 6.45) is 3.53. The Labute approximate surface area is 75.8 Å². The van der Waals surface area contributed by atoms with Gasteiger partial charge in [0.15, 0.2) is 0 Å². The maximum atomic E-state index is 6.10. The number of hydrogen-bond acceptors (Lipinski definition) is 1. The molecule has 0 aliphatic carbocycles. The van der Waals surface area contributed by atoms with Crippen LogP contribution in [0.3, 0.4) is 0 Å². The Bertz CT molecular complexity index is 431. The number of halogens is 1. The molecule has 0 aliphatic heterocycles. The van der Waals surface area contributed by atoms with E-state index in [-0.39, 0.29) is 0 Å². The summed E-state index contributed by atoms with van der Waals surface area (Å²) in [5, 5.41) is 0.752. The highest BCUT2D eigenvalue weighted by Gasteiger charge is 2.04. The molecule has 0 spiro atoms. The first-order valence-electron chi connectivity index (χ1n) is 3.78. The molecule has 0 unspecified atom stereocenters. The van der Waals surface area contributed by atoms with E-state index in [2.05, 4.69) is 11.1 Å². The van der Waals surface area contributed by atoms with Crippen molar-refractivity contribution in [1.29, 1.82) is 0 Å². The van der Waals surface area contributed by atoms with Crippen molar-refractivity contribution in [3.63, 3.8) is 0 Å². The highest BCUT2D eigenvalue weighted by molar-refractivity contribution is 6.30. The molecule has 0 radical (unpaired) electrons. The Morgan fingerprint density at radius 3 is 2.92 bits per heavy atom. The topological polar surface area (TPSA) is 17.3 Å². The zero-order chi connectivity index (χ0) is 8.72. The van der Waals surface area contributed by atoms with Crippen LogP contribution in [0.5, 0.6) is 0 Å². The zero-order valence-electron chi connectivity index (χ0n) is 7.00. The van der Waals surface area contributed by atoms with E-state index in [1.54, 1.807) is 12.5 Å². The molecule has 0 atom stereocenters. The van der Waals surface area contributed by atoms with E-state index < -0.39 is 0 Å². The molecule has 3 heteroatoms. The SMILES string of the molecule is Cc1cc2cncn2c(Cl)c1C. The van der Waals surface area contributed by atoms with Crippen molar-refractivity contribution < 1.29 is 0 Å². The van der Waals surface area contributed by atoms with Crippen molar-refractivity contribution in [2.45, 2.75) is 13.8 Å². The van der Waals surface area contributed by atoms with E-state index in [0.29, 0.717) is 0 Å². The van der Waals surface area contributed by atoms with Crippen LogP contribution in [0.15, 0.2) is 18.6 Å². The Kier molecular flexibility index (Phi) is 1.58. The van der Waals surface area contributed by atoms with Gasteiger partial charge < -0.3 is 0 Å². The molecule has 2 aromatic rings. The second-order valence-electron chi connectivity index (χ2n) is 2.93. The number of imidazole rings is 1. The van der Waals surface area contributed by atoms with Crippen molar-refractivity contribution in [2.24, 2.45) is 0 Å². The van der Waals surface area contributed by atoms with E-state index in [1.807, 2.05) is 18.2 Å². The Hall–Kier alpha value is -1.02. The van der Waals surface area contributed by atoms with E-state index in [4.69, 9.17) is 11.6 Å². The lowest BCUT2D eigenvalue weighted by atomic mass is 10.2. The minimum Gasteiger partial charge on any atom is -0.289 e. The average Bonchev–Trinajstić information content (AvgIpc) is 2.48. The first-order valence-corrected chi connectivity index (χ1v) is 4.15. The summed E-state index contributed by atoms with van der Waals surface area (Å²) < 4.78 is 1.88. The van der Waals surface area contributed by atoms with Crippen LogP contribution in [-0.2, 0) is 0 Å². The van der Waals surface area contributed by atoms with Gasteiger partial charge in [0, 0.05) is 0 Å². The van der Waals surface area contributed by atoms with Crippen LogP contribution in [0.2, 0.25) is 5.15 Å². The smallest absolute Gasteiger partial charge is 0.117 e. The molecular weight excluding hydrogens is 172 g/mol. The molecule has 2 nitrogen and oxygen atoms in total. The highest BCUT2D eigenvalue weighted by atomic mass is 35.5. The summed E-state index contributed by atoms with van der Waals surface area (Å²) in [6, 6.07) is 2.08. The van der Waals surface area contributed by atoms with E-state index in [0.717, 1.165) is 16.2 Å². The van der Waals surface area contributed by atoms with Gasteiger partial charge in [-0.2, -0.15) is 0 Å². The molecule has 0 saturated heterocycles. The van der Waals surface area contributed by atoms with Crippen molar-refractivity contribution in [2.75, 3.05) is 0 Å². The number of nitrogens with zero attached hydrogens (tertiary/aromatic N) is 2. The molecule has 62 valence electrons. The fourth-order valence-electron chi connectivity index (χ4n) is 1.25. The third-order valence-corrected chi connectivity index (χ3v) is 2.61. The Balaban J connectivity index is 2.94. The zero-order valence-corrected chi connectivity index (χ0v) is 7.76. The van der Waals surface area contributed by atoms with Crippen LogP contribution >= 0.6 is 11.6 Å². The van der Waals surface area contributed by atoms with Crippen LogP contribution in [-0.4, -0.2) is 9.38 Å². The standard InChI is InChI=1S/C9H9ClN2/c1-6-3-8-4-11-5-12(8)9(10)7(6)2/h3-5H,1-2H3. The molecule has 0 fully saturated rings. The molecule has 0 aromatic carbocycles.